The van der Waals surface area contributed by atoms with Crippen LogP contribution in [0.3, 0.4) is 0 Å². The molecular weight excluding hydrogens is 235 g/mol. The predicted octanol–water partition coefficient (Wildman–Crippen LogP) is 3.76. The van der Waals surface area contributed by atoms with Crippen molar-refractivity contribution in [3.8, 4) is 11.3 Å². The molecule has 2 aromatic heterocycles. The van der Waals surface area contributed by atoms with E-state index in [2.05, 4.69) is 16.3 Å². The van der Waals surface area contributed by atoms with Gasteiger partial charge in [0.2, 0.25) is 0 Å². The Morgan fingerprint density at radius 2 is 2.06 bits per heavy atom. The number of hydrogen-bond donors (Lipinski definition) is 0. The fraction of sp³-hybridized carbons (Fsp3) is 0.154. The van der Waals surface area contributed by atoms with Gasteiger partial charge in [-0.05, 0) is 30.7 Å². The molecule has 0 atom stereocenters. The van der Waals surface area contributed by atoms with Crippen LogP contribution < -0.4 is 0 Å². The van der Waals surface area contributed by atoms with E-state index in [1.807, 2.05) is 11.6 Å². The monoisotopic (exact) mass is 246 g/mol. The van der Waals surface area contributed by atoms with Crippen molar-refractivity contribution in [3.05, 3.63) is 47.4 Å². The van der Waals surface area contributed by atoms with E-state index in [0.717, 1.165) is 22.6 Å². The summed E-state index contributed by atoms with van der Waals surface area (Å²) in [6.07, 6.45) is 2.93. The number of nitrogens with zero attached hydrogens (tertiary/aromatic N) is 2. The smallest absolute Gasteiger partial charge is 0.194 e. The van der Waals surface area contributed by atoms with Crippen LogP contribution in [0.5, 0.6) is 0 Å². The Kier molecular flexibility index (Phi) is 2.44. The van der Waals surface area contributed by atoms with Gasteiger partial charge in [0.05, 0.1) is 11.4 Å². The molecule has 0 aliphatic heterocycles. The van der Waals surface area contributed by atoms with E-state index in [1.54, 1.807) is 23.5 Å². The highest BCUT2D eigenvalue weighted by Crippen LogP contribution is 2.27. The van der Waals surface area contributed by atoms with Gasteiger partial charge in [0.15, 0.2) is 4.96 Å². The van der Waals surface area contributed by atoms with Gasteiger partial charge in [0, 0.05) is 17.1 Å². The van der Waals surface area contributed by atoms with Gasteiger partial charge in [0.25, 0.3) is 0 Å². The second-order valence-electron chi connectivity index (χ2n) is 3.82. The zero-order chi connectivity index (χ0) is 11.8. The van der Waals surface area contributed by atoms with E-state index in [4.69, 9.17) is 0 Å². The summed E-state index contributed by atoms with van der Waals surface area (Å²) in [6.45, 7) is 2.11. The van der Waals surface area contributed by atoms with Crippen LogP contribution >= 0.6 is 11.3 Å². The lowest BCUT2D eigenvalue weighted by Gasteiger charge is -2.01. The average Bonchev–Trinajstić information content (AvgIpc) is 2.89. The molecule has 0 saturated carbocycles. The Morgan fingerprint density at radius 1 is 1.29 bits per heavy atom. The lowest BCUT2D eigenvalue weighted by Crippen LogP contribution is -1.90. The number of aryl methyl sites for hydroxylation is 1. The van der Waals surface area contributed by atoms with Crippen molar-refractivity contribution >= 4 is 16.3 Å². The minimum absolute atomic E-state index is 0.215. The fourth-order valence-corrected chi connectivity index (χ4v) is 2.74. The molecule has 0 saturated heterocycles. The van der Waals surface area contributed by atoms with Crippen molar-refractivity contribution in [2.75, 3.05) is 0 Å². The van der Waals surface area contributed by atoms with Crippen LogP contribution in [0.15, 0.2) is 35.8 Å². The molecule has 1 aromatic carbocycles. The number of benzene rings is 1. The summed E-state index contributed by atoms with van der Waals surface area (Å²) in [7, 11) is 0. The van der Waals surface area contributed by atoms with Crippen molar-refractivity contribution in [1.82, 2.24) is 9.38 Å². The average molecular weight is 246 g/mol. The van der Waals surface area contributed by atoms with E-state index in [0.29, 0.717) is 0 Å². The minimum Gasteiger partial charge on any atom is -0.294 e. The largest absolute Gasteiger partial charge is 0.294 e. The lowest BCUT2D eigenvalue weighted by molar-refractivity contribution is 0.628. The predicted molar refractivity (Wildman–Crippen MR) is 67.8 cm³/mol. The third-order valence-corrected chi connectivity index (χ3v) is 3.57. The molecule has 0 aliphatic carbocycles. The van der Waals surface area contributed by atoms with Crippen molar-refractivity contribution in [2.45, 2.75) is 13.3 Å². The molecule has 4 heteroatoms. The first-order valence-electron chi connectivity index (χ1n) is 5.50. The Labute approximate surface area is 102 Å². The normalized spacial score (nSPS) is 11.2. The highest BCUT2D eigenvalue weighted by Gasteiger charge is 2.12. The van der Waals surface area contributed by atoms with Crippen LogP contribution in [0.4, 0.5) is 4.39 Å². The first kappa shape index (κ1) is 10.5. The Hall–Kier alpha value is -1.68. The number of halogens is 1. The summed E-state index contributed by atoms with van der Waals surface area (Å²) in [4.78, 5) is 5.59. The van der Waals surface area contributed by atoms with E-state index >= 15 is 0 Å². The molecule has 0 aliphatic rings. The summed E-state index contributed by atoms with van der Waals surface area (Å²) >= 11 is 1.61. The maximum atomic E-state index is 12.9. The second kappa shape index (κ2) is 3.96. The number of fused-ring (bicyclic) bond motifs is 1. The topological polar surface area (TPSA) is 17.3 Å². The van der Waals surface area contributed by atoms with Gasteiger partial charge in [-0.25, -0.2) is 9.37 Å². The zero-order valence-electron chi connectivity index (χ0n) is 9.35. The number of thiazole rings is 1. The molecule has 0 unspecified atom stereocenters. The number of hydrogen-bond acceptors (Lipinski definition) is 2. The van der Waals surface area contributed by atoms with Crippen LogP contribution in [0.25, 0.3) is 16.2 Å². The zero-order valence-corrected chi connectivity index (χ0v) is 10.2. The van der Waals surface area contributed by atoms with Crippen LogP contribution in [-0.2, 0) is 6.42 Å². The molecule has 3 rings (SSSR count). The number of rotatable bonds is 2. The van der Waals surface area contributed by atoms with Crippen LogP contribution in [0.1, 0.15) is 12.6 Å². The van der Waals surface area contributed by atoms with Crippen LogP contribution in [0.2, 0.25) is 0 Å². The molecule has 2 nitrogen and oxygen atoms in total. The quantitative estimate of drug-likeness (QED) is 0.673. The molecule has 0 bridgehead atoms. The van der Waals surface area contributed by atoms with Crippen LogP contribution in [0, 0.1) is 5.82 Å². The van der Waals surface area contributed by atoms with Crippen molar-refractivity contribution in [2.24, 2.45) is 0 Å². The SMILES string of the molecule is CCc1c(-c2ccc(F)cc2)nc2sccn12. The molecule has 86 valence electrons. The van der Waals surface area contributed by atoms with Crippen molar-refractivity contribution < 1.29 is 4.39 Å². The molecule has 0 fully saturated rings. The van der Waals surface area contributed by atoms with Gasteiger partial charge >= 0.3 is 0 Å². The van der Waals surface area contributed by atoms with E-state index in [9.17, 15) is 4.39 Å². The molecular formula is C13H11FN2S. The maximum Gasteiger partial charge on any atom is 0.194 e. The number of imidazole rings is 1. The van der Waals surface area contributed by atoms with Gasteiger partial charge in [-0.1, -0.05) is 6.92 Å². The summed E-state index contributed by atoms with van der Waals surface area (Å²) in [5.41, 5.74) is 3.10. The van der Waals surface area contributed by atoms with E-state index < -0.39 is 0 Å². The highest BCUT2D eigenvalue weighted by molar-refractivity contribution is 7.15. The molecule has 2 heterocycles. The lowest BCUT2D eigenvalue weighted by atomic mass is 10.1. The summed E-state index contributed by atoms with van der Waals surface area (Å²) < 4.78 is 15.0. The summed E-state index contributed by atoms with van der Waals surface area (Å²) in [5, 5.41) is 2.02. The Bertz CT molecular complexity index is 652. The summed E-state index contributed by atoms with van der Waals surface area (Å²) in [6, 6.07) is 6.51. The first-order chi connectivity index (χ1) is 8.29. The molecule has 0 N–H and O–H groups in total. The second-order valence-corrected chi connectivity index (χ2v) is 4.70. The molecule has 0 amide bonds. The van der Waals surface area contributed by atoms with Gasteiger partial charge in [0.1, 0.15) is 5.82 Å². The molecule has 17 heavy (non-hydrogen) atoms. The summed E-state index contributed by atoms with van der Waals surface area (Å²) in [5.74, 6) is -0.215. The van der Waals surface area contributed by atoms with Gasteiger partial charge in [-0.3, -0.25) is 4.40 Å². The van der Waals surface area contributed by atoms with Gasteiger partial charge in [-0.2, -0.15) is 0 Å². The number of aromatic nitrogens is 2. The molecule has 3 aromatic rings. The maximum absolute atomic E-state index is 12.9. The van der Waals surface area contributed by atoms with Gasteiger partial charge in [-0.15, -0.1) is 11.3 Å². The third-order valence-electron chi connectivity index (χ3n) is 2.81. The molecule has 0 radical (unpaired) electrons. The van der Waals surface area contributed by atoms with Gasteiger partial charge < -0.3 is 0 Å². The Balaban J connectivity index is 2.22. The molecule has 0 spiro atoms. The highest BCUT2D eigenvalue weighted by atomic mass is 32.1. The third kappa shape index (κ3) is 1.65. The minimum atomic E-state index is -0.215. The standard InChI is InChI=1S/C13H11FN2S/c1-2-11-12(9-3-5-10(14)6-4-9)15-13-16(11)7-8-17-13/h3-8H,2H2,1H3. The first-order valence-corrected chi connectivity index (χ1v) is 6.38. The van der Waals surface area contributed by atoms with E-state index in [-0.39, 0.29) is 5.82 Å². The van der Waals surface area contributed by atoms with Crippen molar-refractivity contribution in [3.63, 3.8) is 0 Å². The fourth-order valence-electron chi connectivity index (χ4n) is 2.01. The van der Waals surface area contributed by atoms with E-state index in [1.165, 1.54) is 17.8 Å². The Morgan fingerprint density at radius 3 is 2.76 bits per heavy atom. The van der Waals surface area contributed by atoms with Crippen molar-refractivity contribution in [1.29, 1.82) is 0 Å². The van der Waals surface area contributed by atoms with Crippen LogP contribution in [-0.4, -0.2) is 9.38 Å².